The third-order valence-corrected chi connectivity index (χ3v) is 2.81. The molecule has 0 saturated heterocycles. The Morgan fingerprint density at radius 3 is 2.62 bits per heavy atom. The lowest BCUT2D eigenvalue weighted by atomic mass is 9.85. The molecule has 0 spiro atoms. The summed E-state index contributed by atoms with van der Waals surface area (Å²) in [6, 6.07) is 3.70. The van der Waals surface area contributed by atoms with Gasteiger partial charge >= 0.3 is 5.97 Å². The van der Waals surface area contributed by atoms with E-state index in [4.69, 9.17) is 5.11 Å². The van der Waals surface area contributed by atoms with Crippen molar-refractivity contribution in [1.82, 2.24) is 0 Å². The van der Waals surface area contributed by atoms with Crippen LogP contribution in [0.3, 0.4) is 0 Å². The summed E-state index contributed by atoms with van der Waals surface area (Å²) in [5.41, 5.74) is 0.261. The van der Waals surface area contributed by atoms with Crippen molar-refractivity contribution in [2.75, 3.05) is 0 Å². The lowest BCUT2D eigenvalue weighted by Crippen LogP contribution is -2.19. The van der Waals surface area contributed by atoms with Gasteiger partial charge in [0.2, 0.25) is 0 Å². The van der Waals surface area contributed by atoms with Crippen molar-refractivity contribution in [1.29, 1.82) is 0 Å². The van der Waals surface area contributed by atoms with E-state index in [1.54, 1.807) is 13.8 Å². The molecule has 2 N–H and O–H groups in total. The van der Waals surface area contributed by atoms with Crippen LogP contribution in [0.25, 0.3) is 0 Å². The third-order valence-electron chi connectivity index (χ3n) is 2.81. The minimum atomic E-state index is -0.963. The molecule has 0 aliphatic carbocycles. The van der Waals surface area contributed by atoms with Crippen molar-refractivity contribution in [2.24, 2.45) is 5.92 Å². The maximum atomic E-state index is 13.5. The minimum absolute atomic E-state index is 0.0487. The highest BCUT2D eigenvalue weighted by atomic mass is 19.1. The molecule has 0 aromatic heterocycles. The molecule has 1 aromatic rings. The average molecular weight is 226 g/mol. The Bertz CT molecular complexity index is 390. The molecule has 88 valence electrons. The van der Waals surface area contributed by atoms with Gasteiger partial charge < -0.3 is 10.2 Å². The highest BCUT2D eigenvalue weighted by Gasteiger charge is 2.26. The number of benzene rings is 1. The van der Waals surface area contributed by atoms with Crippen LogP contribution < -0.4 is 0 Å². The number of phenols is 1. The number of carboxylic acid groups (broad SMARTS) is 1. The van der Waals surface area contributed by atoms with Gasteiger partial charge in [-0.25, -0.2) is 4.39 Å². The quantitative estimate of drug-likeness (QED) is 0.829. The van der Waals surface area contributed by atoms with Crippen LogP contribution in [0.15, 0.2) is 18.2 Å². The topological polar surface area (TPSA) is 57.5 Å². The monoisotopic (exact) mass is 226 g/mol. The van der Waals surface area contributed by atoms with Gasteiger partial charge in [-0.1, -0.05) is 13.8 Å². The number of halogens is 1. The summed E-state index contributed by atoms with van der Waals surface area (Å²) in [6.45, 7) is 3.34. The summed E-state index contributed by atoms with van der Waals surface area (Å²) in [5, 5.41) is 18.2. The molecule has 0 bridgehead atoms. The highest BCUT2D eigenvalue weighted by Crippen LogP contribution is 2.32. The molecule has 0 fully saturated rings. The van der Waals surface area contributed by atoms with Gasteiger partial charge in [-0.3, -0.25) is 4.79 Å². The number of carboxylic acids is 1. The maximum absolute atomic E-state index is 13.5. The average Bonchev–Trinajstić information content (AvgIpc) is 2.23. The summed E-state index contributed by atoms with van der Waals surface area (Å²) in [4.78, 5) is 10.9. The summed E-state index contributed by atoms with van der Waals surface area (Å²) in [5.74, 6) is -2.59. The number of hydrogen-bond acceptors (Lipinski definition) is 2. The van der Waals surface area contributed by atoms with E-state index in [1.807, 2.05) is 0 Å². The molecular formula is C12H15FO3. The molecule has 1 aromatic carbocycles. The van der Waals surface area contributed by atoms with Gasteiger partial charge in [0.15, 0.2) is 0 Å². The molecule has 4 heteroatoms. The van der Waals surface area contributed by atoms with E-state index in [9.17, 15) is 14.3 Å². The second-order valence-electron chi connectivity index (χ2n) is 3.85. The number of hydrogen-bond donors (Lipinski definition) is 2. The second-order valence-corrected chi connectivity index (χ2v) is 3.85. The Balaban J connectivity index is 3.12. The van der Waals surface area contributed by atoms with E-state index in [2.05, 4.69) is 0 Å². The smallest absolute Gasteiger partial charge is 0.306 e. The Hall–Kier alpha value is -1.58. The molecule has 0 saturated carbocycles. The first kappa shape index (κ1) is 12.5. The maximum Gasteiger partial charge on any atom is 0.306 e. The molecule has 0 radical (unpaired) electrons. The van der Waals surface area contributed by atoms with Crippen molar-refractivity contribution >= 4 is 5.97 Å². The molecule has 3 nitrogen and oxygen atoms in total. The Morgan fingerprint density at radius 2 is 2.12 bits per heavy atom. The van der Waals surface area contributed by atoms with Gasteiger partial charge in [0.1, 0.15) is 11.6 Å². The lowest BCUT2D eigenvalue weighted by Gasteiger charge is -2.20. The van der Waals surface area contributed by atoms with E-state index < -0.39 is 23.6 Å². The van der Waals surface area contributed by atoms with Crippen molar-refractivity contribution in [3.8, 4) is 5.75 Å². The molecular weight excluding hydrogens is 211 g/mol. The number of rotatable bonds is 4. The molecule has 2 atom stereocenters. The van der Waals surface area contributed by atoms with Crippen LogP contribution >= 0.6 is 0 Å². The summed E-state index contributed by atoms with van der Waals surface area (Å²) in [6.07, 6.45) is 0.508. The van der Waals surface area contributed by atoms with Crippen molar-refractivity contribution in [3.05, 3.63) is 29.6 Å². The van der Waals surface area contributed by atoms with E-state index in [0.717, 1.165) is 6.07 Å². The SMILES string of the molecule is CC[C@H](c1cc(O)ccc1F)C(C)C(=O)O. The van der Waals surface area contributed by atoms with Crippen LogP contribution in [-0.4, -0.2) is 16.2 Å². The first-order chi connectivity index (χ1) is 7.47. The van der Waals surface area contributed by atoms with Crippen molar-refractivity contribution in [2.45, 2.75) is 26.2 Å². The van der Waals surface area contributed by atoms with E-state index in [0.29, 0.717) is 6.42 Å². The van der Waals surface area contributed by atoms with Crippen LogP contribution in [0.4, 0.5) is 4.39 Å². The number of carbonyl (C=O) groups is 1. The van der Waals surface area contributed by atoms with E-state index in [-0.39, 0.29) is 11.3 Å². The predicted octanol–water partition coefficient (Wildman–Crippen LogP) is 2.75. The third kappa shape index (κ3) is 2.51. The normalized spacial score (nSPS) is 14.4. The van der Waals surface area contributed by atoms with Crippen LogP contribution in [-0.2, 0) is 4.79 Å². The molecule has 16 heavy (non-hydrogen) atoms. The zero-order valence-corrected chi connectivity index (χ0v) is 9.27. The predicted molar refractivity (Wildman–Crippen MR) is 57.9 cm³/mol. The Morgan fingerprint density at radius 1 is 1.50 bits per heavy atom. The zero-order valence-electron chi connectivity index (χ0n) is 9.27. The van der Waals surface area contributed by atoms with E-state index >= 15 is 0 Å². The van der Waals surface area contributed by atoms with Gasteiger partial charge in [-0.15, -0.1) is 0 Å². The fraction of sp³-hybridized carbons (Fsp3) is 0.417. The summed E-state index contributed by atoms with van der Waals surface area (Å²) < 4.78 is 13.5. The fourth-order valence-electron chi connectivity index (χ4n) is 1.83. The van der Waals surface area contributed by atoms with E-state index in [1.165, 1.54) is 12.1 Å². The highest BCUT2D eigenvalue weighted by molar-refractivity contribution is 5.71. The van der Waals surface area contributed by atoms with Crippen molar-refractivity contribution < 1.29 is 19.4 Å². The van der Waals surface area contributed by atoms with Gasteiger partial charge in [0, 0.05) is 0 Å². The standard InChI is InChI=1S/C12H15FO3/c1-3-9(7(2)12(15)16)10-6-8(14)4-5-11(10)13/h4-7,9,14H,3H2,1-2H3,(H,15,16)/t7?,9-/m0/s1. The zero-order chi connectivity index (χ0) is 12.3. The summed E-state index contributed by atoms with van der Waals surface area (Å²) >= 11 is 0. The molecule has 0 heterocycles. The van der Waals surface area contributed by atoms with Crippen LogP contribution in [0.5, 0.6) is 5.75 Å². The van der Waals surface area contributed by atoms with Gasteiger partial charge in [-0.05, 0) is 36.1 Å². The Labute approximate surface area is 93.5 Å². The van der Waals surface area contributed by atoms with Crippen LogP contribution in [0, 0.1) is 11.7 Å². The molecule has 0 amide bonds. The first-order valence-electron chi connectivity index (χ1n) is 5.18. The first-order valence-corrected chi connectivity index (χ1v) is 5.18. The summed E-state index contributed by atoms with van der Waals surface area (Å²) in [7, 11) is 0. The minimum Gasteiger partial charge on any atom is -0.508 e. The van der Waals surface area contributed by atoms with Gasteiger partial charge in [0.05, 0.1) is 5.92 Å². The molecule has 1 rings (SSSR count). The number of aromatic hydroxyl groups is 1. The molecule has 0 aliphatic rings. The Kier molecular flexibility index (Phi) is 3.88. The lowest BCUT2D eigenvalue weighted by molar-refractivity contribution is -0.141. The van der Waals surface area contributed by atoms with Gasteiger partial charge in [0.25, 0.3) is 0 Å². The molecule has 1 unspecified atom stereocenters. The van der Waals surface area contributed by atoms with Gasteiger partial charge in [-0.2, -0.15) is 0 Å². The fourth-order valence-corrected chi connectivity index (χ4v) is 1.83. The van der Waals surface area contributed by atoms with Crippen LogP contribution in [0.1, 0.15) is 31.7 Å². The largest absolute Gasteiger partial charge is 0.508 e. The molecule has 0 aliphatic heterocycles. The van der Waals surface area contributed by atoms with Crippen LogP contribution in [0.2, 0.25) is 0 Å². The number of aliphatic carboxylic acids is 1. The number of phenolic OH excluding ortho intramolecular Hbond substituents is 1. The van der Waals surface area contributed by atoms with Crippen molar-refractivity contribution in [3.63, 3.8) is 0 Å². The second kappa shape index (κ2) is 4.96.